The van der Waals surface area contributed by atoms with Crippen molar-refractivity contribution >= 4 is 21.6 Å². The van der Waals surface area contributed by atoms with E-state index < -0.39 is 10.0 Å². The quantitative estimate of drug-likeness (QED) is 0.785. The SMILES string of the molecule is CNCC1CCN(C(=O)c2cc(S(=O)(=O)N(C)C)ccc2N2CCCC2)C1. The summed E-state index contributed by atoms with van der Waals surface area (Å²) in [7, 11) is 1.36. The molecule has 2 heterocycles. The van der Waals surface area contributed by atoms with Gasteiger partial charge in [-0.05, 0) is 57.0 Å². The molecule has 2 aliphatic heterocycles. The Bertz CT molecular complexity index is 788. The molecule has 2 fully saturated rings. The van der Waals surface area contributed by atoms with E-state index in [2.05, 4.69) is 10.2 Å². The molecule has 3 rings (SSSR count). The van der Waals surface area contributed by atoms with Gasteiger partial charge in [-0.25, -0.2) is 12.7 Å². The Balaban J connectivity index is 1.96. The zero-order valence-electron chi connectivity index (χ0n) is 16.4. The maximum atomic E-state index is 13.3. The van der Waals surface area contributed by atoms with Gasteiger partial charge >= 0.3 is 0 Å². The van der Waals surface area contributed by atoms with Crippen LogP contribution in [0.3, 0.4) is 0 Å². The second kappa shape index (κ2) is 8.16. The van der Waals surface area contributed by atoms with Crippen LogP contribution in [0.25, 0.3) is 0 Å². The lowest BCUT2D eigenvalue weighted by Crippen LogP contribution is -2.32. The molecule has 0 saturated carbocycles. The van der Waals surface area contributed by atoms with Crippen LogP contribution in [0, 0.1) is 5.92 Å². The topological polar surface area (TPSA) is 73.0 Å². The lowest BCUT2D eigenvalue weighted by atomic mass is 10.1. The molecule has 0 radical (unpaired) electrons. The van der Waals surface area contributed by atoms with E-state index in [1.165, 1.54) is 18.4 Å². The predicted octanol–water partition coefficient (Wildman–Crippen LogP) is 1.22. The summed E-state index contributed by atoms with van der Waals surface area (Å²) in [4.78, 5) is 17.5. The summed E-state index contributed by atoms with van der Waals surface area (Å²) in [5.41, 5.74) is 1.36. The van der Waals surface area contributed by atoms with E-state index in [9.17, 15) is 13.2 Å². The van der Waals surface area contributed by atoms with Crippen molar-refractivity contribution in [1.29, 1.82) is 0 Å². The zero-order chi connectivity index (χ0) is 19.6. The number of anilines is 1. The molecule has 8 heteroatoms. The molecule has 1 aromatic rings. The Morgan fingerprint density at radius 1 is 1.22 bits per heavy atom. The molecule has 27 heavy (non-hydrogen) atoms. The van der Waals surface area contributed by atoms with Crippen LogP contribution in [0.4, 0.5) is 5.69 Å². The summed E-state index contributed by atoms with van der Waals surface area (Å²) in [6.45, 7) is 4.13. The molecular weight excluding hydrogens is 364 g/mol. The predicted molar refractivity (Wildman–Crippen MR) is 107 cm³/mol. The highest BCUT2D eigenvalue weighted by Gasteiger charge is 2.30. The summed E-state index contributed by atoms with van der Waals surface area (Å²) < 4.78 is 26.3. The number of hydrogen-bond acceptors (Lipinski definition) is 5. The molecule has 1 N–H and O–H groups in total. The van der Waals surface area contributed by atoms with Gasteiger partial charge in [-0.15, -0.1) is 0 Å². The van der Waals surface area contributed by atoms with Crippen LogP contribution in [0.1, 0.15) is 29.6 Å². The van der Waals surface area contributed by atoms with Crippen molar-refractivity contribution in [3.63, 3.8) is 0 Å². The Kier molecular flexibility index (Phi) is 6.08. The van der Waals surface area contributed by atoms with Crippen LogP contribution in [0.5, 0.6) is 0 Å². The Morgan fingerprint density at radius 2 is 1.93 bits per heavy atom. The van der Waals surface area contributed by atoms with Crippen molar-refractivity contribution in [1.82, 2.24) is 14.5 Å². The maximum absolute atomic E-state index is 13.3. The molecule has 1 amide bonds. The van der Waals surface area contributed by atoms with Gasteiger partial charge in [0, 0.05) is 46.0 Å². The fourth-order valence-corrected chi connectivity index (χ4v) is 4.86. The molecular formula is C19H30N4O3S. The molecule has 150 valence electrons. The van der Waals surface area contributed by atoms with Crippen LogP contribution in [-0.2, 0) is 10.0 Å². The van der Waals surface area contributed by atoms with E-state index in [-0.39, 0.29) is 10.8 Å². The molecule has 1 atom stereocenters. The zero-order valence-corrected chi connectivity index (χ0v) is 17.3. The second-order valence-electron chi connectivity index (χ2n) is 7.62. The molecule has 1 aromatic carbocycles. The molecule has 0 spiro atoms. The van der Waals surface area contributed by atoms with Crippen molar-refractivity contribution in [2.75, 3.05) is 58.8 Å². The van der Waals surface area contributed by atoms with Crippen molar-refractivity contribution < 1.29 is 13.2 Å². The smallest absolute Gasteiger partial charge is 0.256 e. The second-order valence-corrected chi connectivity index (χ2v) is 9.78. The van der Waals surface area contributed by atoms with E-state index >= 15 is 0 Å². The summed E-state index contributed by atoms with van der Waals surface area (Å²) >= 11 is 0. The summed E-state index contributed by atoms with van der Waals surface area (Å²) in [6, 6.07) is 4.99. The fraction of sp³-hybridized carbons (Fsp3) is 0.632. The van der Waals surface area contributed by atoms with E-state index in [4.69, 9.17) is 0 Å². The number of carbonyl (C=O) groups excluding carboxylic acids is 1. The number of nitrogens with zero attached hydrogens (tertiary/aromatic N) is 3. The average molecular weight is 395 g/mol. The summed E-state index contributed by atoms with van der Waals surface area (Å²) in [6.07, 6.45) is 3.17. The summed E-state index contributed by atoms with van der Waals surface area (Å²) in [5.74, 6) is 0.384. The Hall–Kier alpha value is -1.64. The van der Waals surface area contributed by atoms with E-state index in [1.54, 1.807) is 18.2 Å². The Morgan fingerprint density at radius 3 is 2.56 bits per heavy atom. The molecule has 1 unspecified atom stereocenters. The minimum Gasteiger partial charge on any atom is -0.371 e. The number of hydrogen-bond donors (Lipinski definition) is 1. The van der Waals surface area contributed by atoms with Crippen LogP contribution < -0.4 is 10.2 Å². The third-order valence-corrected chi connectivity index (χ3v) is 7.30. The molecule has 7 nitrogen and oxygen atoms in total. The fourth-order valence-electron chi connectivity index (χ4n) is 3.93. The van der Waals surface area contributed by atoms with Gasteiger partial charge in [-0.1, -0.05) is 0 Å². The van der Waals surface area contributed by atoms with Crippen LogP contribution >= 0.6 is 0 Å². The van der Waals surface area contributed by atoms with E-state index in [0.717, 1.165) is 51.1 Å². The lowest BCUT2D eigenvalue weighted by molar-refractivity contribution is 0.0787. The monoisotopic (exact) mass is 394 g/mol. The number of sulfonamides is 1. The van der Waals surface area contributed by atoms with Gasteiger partial charge in [-0.3, -0.25) is 4.79 Å². The van der Waals surface area contributed by atoms with E-state index in [1.807, 2.05) is 11.9 Å². The number of benzene rings is 1. The number of carbonyl (C=O) groups is 1. The molecule has 2 aliphatic rings. The highest BCUT2D eigenvalue weighted by atomic mass is 32.2. The number of amides is 1. The van der Waals surface area contributed by atoms with Gasteiger partial charge in [0.15, 0.2) is 0 Å². The number of likely N-dealkylation sites (tertiary alicyclic amines) is 1. The average Bonchev–Trinajstić information content (AvgIpc) is 3.33. The number of nitrogens with one attached hydrogen (secondary N) is 1. The minimum absolute atomic E-state index is 0.0636. The summed E-state index contributed by atoms with van der Waals surface area (Å²) in [5, 5.41) is 3.18. The van der Waals surface area contributed by atoms with Crippen molar-refractivity contribution in [2.24, 2.45) is 5.92 Å². The van der Waals surface area contributed by atoms with Gasteiger partial charge in [0.25, 0.3) is 5.91 Å². The van der Waals surface area contributed by atoms with Gasteiger partial charge in [0.1, 0.15) is 0 Å². The first-order valence-corrected chi connectivity index (χ1v) is 11.0. The van der Waals surface area contributed by atoms with Gasteiger partial charge in [0.05, 0.1) is 10.5 Å². The molecule has 2 saturated heterocycles. The van der Waals surface area contributed by atoms with Crippen molar-refractivity contribution in [3.8, 4) is 0 Å². The molecule has 0 bridgehead atoms. The lowest BCUT2D eigenvalue weighted by Gasteiger charge is -2.25. The highest BCUT2D eigenvalue weighted by Crippen LogP contribution is 2.30. The van der Waals surface area contributed by atoms with Crippen LogP contribution in [0.2, 0.25) is 0 Å². The minimum atomic E-state index is -3.58. The highest BCUT2D eigenvalue weighted by molar-refractivity contribution is 7.89. The number of rotatable bonds is 6. The first kappa shape index (κ1) is 20.1. The van der Waals surface area contributed by atoms with Crippen molar-refractivity contribution in [2.45, 2.75) is 24.2 Å². The molecule has 0 aromatic heterocycles. The van der Waals surface area contributed by atoms with Crippen molar-refractivity contribution in [3.05, 3.63) is 23.8 Å². The maximum Gasteiger partial charge on any atom is 0.256 e. The first-order valence-electron chi connectivity index (χ1n) is 9.60. The van der Waals surface area contributed by atoms with Gasteiger partial charge in [-0.2, -0.15) is 0 Å². The van der Waals surface area contributed by atoms with Gasteiger partial charge < -0.3 is 15.1 Å². The third-order valence-electron chi connectivity index (χ3n) is 5.49. The largest absolute Gasteiger partial charge is 0.371 e. The van der Waals surface area contributed by atoms with E-state index in [0.29, 0.717) is 18.0 Å². The van der Waals surface area contributed by atoms with Crippen LogP contribution in [0.15, 0.2) is 23.1 Å². The van der Waals surface area contributed by atoms with Crippen LogP contribution in [-0.4, -0.2) is 77.4 Å². The normalized spacial score (nSPS) is 20.7. The van der Waals surface area contributed by atoms with Gasteiger partial charge in [0.2, 0.25) is 10.0 Å². The third kappa shape index (κ3) is 4.12. The molecule has 0 aliphatic carbocycles. The Labute approximate surface area is 162 Å². The first-order chi connectivity index (χ1) is 12.8. The standard InChI is InChI=1S/C19H30N4O3S/c1-20-13-15-8-11-23(14-15)19(24)17-12-16(27(25,26)21(2)3)6-7-18(17)22-9-4-5-10-22/h6-7,12,15,20H,4-5,8-11,13-14H2,1-3H3.